The third-order valence-corrected chi connectivity index (χ3v) is 4.22. The SMILES string of the molecule is O=C(c1ccco1)N1CCc2ncnc(NC3CC3)c2CC1. The molecule has 114 valence electrons. The summed E-state index contributed by atoms with van der Waals surface area (Å²) in [5.74, 6) is 1.29. The number of furan rings is 1. The molecule has 0 radical (unpaired) electrons. The fraction of sp³-hybridized carbons (Fsp3) is 0.438. The first-order chi connectivity index (χ1) is 10.8. The minimum atomic E-state index is -0.0533. The summed E-state index contributed by atoms with van der Waals surface area (Å²) >= 11 is 0. The second kappa shape index (κ2) is 5.44. The second-order valence-electron chi connectivity index (χ2n) is 5.84. The van der Waals surface area contributed by atoms with Crippen molar-refractivity contribution in [3.63, 3.8) is 0 Å². The number of carbonyl (C=O) groups excluding carboxylic acids is 1. The minimum Gasteiger partial charge on any atom is -0.459 e. The van der Waals surface area contributed by atoms with Gasteiger partial charge in [-0.15, -0.1) is 0 Å². The van der Waals surface area contributed by atoms with Gasteiger partial charge < -0.3 is 14.6 Å². The Morgan fingerprint density at radius 2 is 2.14 bits per heavy atom. The number of anilines is 1. The number of hydrogen-bond donors (Lipinski definition) is 1. The molecule has 0 bridgehead atoms. The summed E-state index contributed by atoms with van der Waals surface area (Å²) in [5, 5.41) is 3.47. The molecule has 0 atom stereocenters. The van der Waals surface area contributed by atoms with E-state index in [0.29, 0.717) is 24.9 Å². The van der Waals surface area contributed by atoms with Gasteiger partial charge >= 0.3 is 0 Å². The molecule has 0 unspecified atom stereocenters. The van der Waals surface area contributed by atoms with E-state index >= 15 is 0 Å². The zero-order chi connectivity index (χ0) is 14.9. The lowest BCUT2D eigenvalue weighted by Gasteiger charge is -2.18. The van der Waals surface area contributed by atoms with Gasteiger partial charge in [0.05, 0.1) is 12.0 Å². The number of nitrogens with one attached hydrogen (secondary N) is 1. The van der Waals surface area contributed by atoms with E-state index in [9.17, 15) is 4.79 Å². The predicted octanol–water partition coefficient (Wildman–Crippen LogP) is 1.88. The van der Waals surface area contributed by atoms with Gasteiger partial charge in [-0.2, -0.15) is 0 Å². The number of amides is 1. The normalized spacial score (nSPS) is 17.7. The molecule has 0 aromatic carbocycles. The molecule has 2 aliphatic rings. The highest BCUT2D eigenvalue weighted by molar-refractivity contribution is 5.91. The number of aromatic nitrogens is 2. The zero-order valence-corrected chi connectivity index (χ0v) is 12.3. The molecule has 2 aromatic rings. The molecule has 2 aromatic heterocycles. The van der Waals surface area contributed by atoms with Crippen LogP contribution in [0.4, 0.5) is 5.82 Å². The maximum absolute atomic E-state index is 12.4. The van der Waals surface area contributed by atoms with Crippen molar-refractivity contribution in [2.24, 2.45) is 0 Å². The maximum Gasteiger partial charge on any atom is 0.289 e. The van der Waals surface area contributed by atoms with Gasteiger partial charge in [-0.05, 0) is 31.4 Å². The van der Waals surface area contributed by atoms with Crippen LogP contribution in [0.2, 0.25) is 0 Å². The van der Waals surface area contributed by atoms with Crippen molar-refractivity contribution in [1.82, 2.24) is 14.9 Å². The van der Waals surface area contributed by atoms with Gasteiger partial charge in [-0.1, -0.05) is 0 Å². The van der Waals surface area contributed by atoms with Crippen LogP contribution in [0.25, 0.3) is 0 Å². The lowest BCUT2D eigenvalue weighted by molar-refractivity contribution is 0.0731. The molecule has 3 heterocycles. The Balaban J connectivity index is 1.53. The molecule has 1 fully saturated rings. The van der Waals surface area contributed by atoms with Crippen LogP contribution >= 0.6 is 0 Å². The summed E-state index contributed by atoms with van der Waals surface area (Å²) < 4.78 is 5.22. The Morgan fingerprint density at radius 1 is 1.27 bits per heavy atom. The molecule has 1 saturated carbocycles. The number of nitrogens with zero attached hydrogens (tertiary/aromatic N) is 3. The zero-order valence-electron chi connectivity index (χ0n) is 12.3. The summed E-state index contributed by atoms with van der Waals surface area (Å²) in [7, 11) is 0. The minimum absolute atomic E-state index is 0.0533. The van der Waals surface area contributed by atoms with E-state index in [1.807, 2.05) is 4.90 Å². The summed E-state index contributed by atoms with van der Waals surface area (Å²) in [5.41, 5.74) is 2.21. The van der Waals surface area contributed by atoms with Crippen LogP contribution in [-0.2, 0) is 12.8 Å². The highest BCUT2D eigenvalue weighted by Crippen LogP contribution is 2.27. The molecule has 1 aliphatic heterocycles. The highest BCUT2D eigenvalue weighted by Gasteiger charge is 2.26. The van der Waals surface area contributed by atoms with Crippen LogP contribution in [0.5, 0.6) is 0 Å². The van der Waals surface area contributed by atoms with Gasteiger partial charge in [0.15, 0.2) is 5.76 Å². The Kier molecular flexibility index (Phi) is 3.29. The van der Waals surface area contributed by atoms with Crippen molar-refractivity contribution < 1.29 is 9.21 Å². The van der Waals surface area contributed by atoms with Gasteiger partial charge in [0.1, 0.15) is 12.1 Å². The Bertz CT molecular complexity index is 679. The van der Waals surface area contributed by atoms with E-state index in [0.717, 1.165) is 29.9 Å². The smallest absolute Gasteiger partial charge is 0.289 e. The van der Waals surface area contributed by atoms with Crippen molar-refractivity contribution in [2.45, 2.75) is 31.7 Å². The van der Waals surface area contributed by atoms with Crippen LogP contribution in [0.15, 0.2) is 29.1 Å². The topological polar surface area (TPSA) is 71.3 Å². The molecule has 6 heteroatoms. The van der Waals surface area contributed by atoms with Crippen LogP contribution in [-0.4, -0.2) is 39.9 Å². The molecule has 0 saturated heterocycles. The molecule has 4 rings (SSSR count). The Hall–Kier alpha value is -2.37. The monoisotopic (exact) mass is 298 g/mol. The standard InChI is InChI=1S/C16H18N4O2/c21-16(14-2-1-9-22-14)20-7-5-12-13(6-8-20)17-10-18-15(12)19-11-3-4-11/h1-2,9-11H,3-8H2,(H,17,18,19). The largest absolute Gasteiger partial charge is 0.459 e. The third-order valence-electron chi connectivity index (χ3n) is 4.22. The summed E-state index contributed by atoms with van der Waals surface area (Å²) in [6, 6.07) is 4.01. The number of fused-ring (bicyclic) bond motifs is 1. The molecule has 1 N–H and O–H groups in total. The first kappa shape index (κ1) is 13.3. The molecular formula is C16H18N4O2. The van der Waals surface area contributed by atoms with Crippen LogP contribution in [0.1, 0.15) is 34.7 Å². The number of hydrogen-bond acceptors (Lipinski definition) is 5. The fourth-order valence-electron chi connectivity index (χ4n) is 2.83. The Labute approximate surface area is 128 Å². The average molecular weight is 298 g/mol. The van der Waals surface area contributed by atoms with Crippen LogP contribution in [0, 0.1) is 0 Å². The summed E-state index contributed by atoms with van der Waals surface area (Å²) in [4.78, 5) is 23.1. The van der Waals surface area contributed by atoms with Crippen molar-refractivity contribution in [2.75, 3.05) is 18.4 Å². The Morgan fingerprint density at radius 3 is 2.91 bits per heavy atom. The van der Waals surface area contributed by atoms with Crippen LogP contribution in [0.3, 0.4) is 0 Å². The molecular weight excluding hydrogens is 280 g/mol. The lowest BCUT2D eigenvalue weighted by atomic mass is 10.1. The maximum atomic E-state index is 12.4. The van der Waals surface area contributed by atoms with Crippen molar-refractivity contribution in [3.05, 3.63) is 41.7 Å². The van der Waals surface area contributed by atoms with Crippen molar-refractivity contribution in [3.8, 4) is 0 Å². The predicted molar refractivity (Wildman–Crippen MR) is 80.7 cm³/mol. The van der Waals surface area contributed by atoms with Crippen molar-refractivity contribution in [1.29, 1.82) is 0 Å². The van der Waals surface area contributed by atoms with Gasteiger partial charge in [-0.3, -0.25) is 4.79 Å². The number of rotatable bonds is 3. The molecule has 22 heavy (non-hydrogen) atoms. The summed E-state index contributed by atoms with van der Waals surface area (Å²) in [6.45, 7) is 1.33. The first-order valence-corrected chi connectivity index (χ1v) is 7.73. The van der Waals surface area contributed by atoms with Gasteiger partial charge in [0, 0.05) is 31.1 Å². The van der Waals surface area contributed by atoms with E-state index in [1.165, 1.54) is 19.1 Å². The second-order valence-corrected chi connectivity index (χ2v) is 5.84. The van der Waals surface area contributed by atoms with Crippen molar-refractivity contribution >= 4 is 11.7 Å². The van der Waals surface area contributed by atoms with E-state index in [4.69, 9.17) is 4.42 Å². The highest BCUT2D eigenvalue weighted by atomic mass is 16.3. The van der Waals surface area contributed by atoms with E-state index < -0.39 is 0 Å². The van der Waals surface area contributed by atoms with Gasteiger partial charge in [0.2, 0.25) is 0 Å². The average Bonchev–Trinajstić information content (AvgIpc) is 3.23. The summed E-state index contributed by atoms with van der Waals surface area (Å²) in [6.07, 6.45) is 7.10. The molecule has 1 aliphatic carbocycles. The number of carbonyl (C=O) groups is 1. The molecule has 6 nitrogen and oxygen atoms in total. The molecule has 0 spiro atoms. The first-order valence-electron chi connectivity index (χ1n) is 7.73. The van der Waals surface area contributed by atoms with E-state index in [1.54, 1.807) is 18.5 Å². The lowest BCUT2D eigenvalue weighted by Crippen LogP contribution is -2.33. The molecule has 1 amide bonds. The fourth-order valence-corrected chi connectivity index (χ4v) is 2.83. The van der Waals surface area contributed by atoms with Crippen LogP contribution < -0.4 is 5.32 Å². The quantitative estimate of drug-likeness (QED) is 0.937. The third kappa shape index (κ3) is 2.56. The van der Waals surface area contributed by atoms with Gasteiger partial charge in [0.25, 0.3) is 5.91 Å². The van der Waals surface area contributed by atoms with Gasteiger partial charge in [-0.25, -0.2) is 9.97 Å². The van der Waals surface area contributed by atoms with E-state index in [2.05, 4.69) is 15.3 Å². The van der Waals surface area contributed by atoms with E-state index in [-0.39, 0.29) is 5.91 Å².